The number of amides is 1. The zero-order chi connectivity index (χ0) is 21.8. The lowest BCUT2D eigenvalue weighted by Gasteiger charge is -2.40. The molecule has 0 bridgehead atoms. The third kappa shape index (κ3) is 4.46. The van der Waals surface area contributed by atoms with Crippen molar-refractivity contribution in [3.8, 4) is 0 Å². The van der Waals surface area contributed by atoms with Gasteiger partial charge in [0.1, 0.15) is 5.82 Å². The van der Waals surface area contributed by atoms with Crippen molar-refractivity contribution in [2.24, 2.45) is 5.92 Å². The molecule has 0 aliphatic carbocycles. The third-order valence-electron chi connectivity index (χ3n) is 6.95. The van der Waals surface area contributed by atoms with Crippen LogP contribution < -0.4 is 0 Å². The number of pyridine rings is 1. The summed E-state index contributed by atoms with van der Waals surface area (Å²) in [5, 5.41) is 0. The Kier molecular flexibility index (Phi) is 6.30. The fraction of sp³-hybridized carbons (Fsp3) is 0.423. The van der Waals surface area contributed by atoms with E-state index < -0.39 is 0 Å². The zero-order valence-electron chi connectivity index (χ0n) is 18.5. The van der Waals surface area contributed by atoms with Gasteiger partial charge in [-0.3, -0.25) is 9.78 Å². The quantitative estimate of drug-likeness (QED) is 0.619. The summed E-state index contributed by atoms with van der Waals surface area (Å²) in [4.78, 5) is 27.1. The summed E-state index contributed by atoms with van der Waals surface area (Å²) in [7, 11) is 0. The molecule has 1 fully saturated rings. The second-order valence-electron chi connectivity index (χ2n) is 8.93. The summed E-state index contributed by atoms with van der Waals surface area (Å²) in [5.41, 5.74) is 2.06. The number of carbonyl (C=O) groups excluding carboxylic acids is 1. The second kappa shape index (κ2) is 9.65. The monoisotopic (exact) mass is 429 g/mol. The highest BCUT2D eigenvalue weighted by atomic mass is 16.2. The summed E-state index contributed by atoms with van der Waals surface area (Å²) in [6, 6.07) is 14.5. The lowest BCUT2D eigenvalue weighted by atomic mass is 9.87. The number of benzene rings is 1. The van der Waals surface area contributed by atoms with Crippen LogP contribution >= 0.6 is 0 Å². The normalized spacial score (nSPS) is 20.0. The Hall–Kier alpha value is -2.99. The topological polar surface area (TPSA) is 54.3 Å². The van der Waals surface area contributed by atoms with E-state index in [1.807, 2.05) is 18.3 Å². The van der Waals surface area contributed by atoms with Gasteiger partial charge >= 0.3 is 0 Å². The Morgan fingerprint density at radius 1 is 0.969 bits per heavy atom. The standard InChI is InChI=1S/C26H31N5O/c32-26(23-8-4-12-27-20-23)31-15-5-14-30-19-13-28-25(30)24(31)22-10-17-29(18-11-22)16-9-21-6-2-1-3-7-21/h1-4,6-8,12-13,19-20,22,24H,5,9-11,14-18H2. The number of hydrogen-bond acceptors (Lipinski definition) is 4. The minimum Gasteiger partial charge on any atom is -0.333 e. The van der Waals surface area contributed by atoms with E-state index in [4.69, 9.17) is 4.98 Å². The summed E-state index contributed by atoms with van der Waals surface area (Å²) < 4.78 is 2.25. The van der Waals surface area contributed by atoms with Gasteiger partial charge in [0.15, 0.2) is 0 Å². The van der Waals surface area contributed by atoms with E-state index in [1.54, 1.807) is 12.4 Å². The van der Waals surface area contributed by atoms with Crippen molar-refractivity contribution in [1.29, 1.82) is 0 Å². The lowest BCUT2D eigenvalue weighted by molar-refractivity contribution is 0.0507. The Morgan fingerprint density at radius 2 is 1.81 bits per heavy atom. The van der Waals surface area contributed by atoms with Gasteiger partial charge in [0.2, 0.25) is 0 Å². The fourth-order valence-electron chi connectivity index (χ4n) is 5.24. The van der Waals surface area contributed by atoms with Crippen LogP contribution in [0.5, 0.6) is 0 Å². The van der Waals surface area contributed by atoms with Crippen molar-refractivity contribution in [3.63, 3.8) is 0 Å². The highest BCUT2D eigenvalue weighted by Crippen LogP contribution is 2.37. The Bertz CT molecular complexity index is 1010. The Balaban J connectivity index is 1.31. The highest BCUT2D eigenvalue weighted by Gasteiger charge is 2.38. The number of likely N-dealkylation sites (tertiary alicyclic amines) is 1. The van der Waals surface area contributed by atoms with Gasteiger partial charge in [0.25, 0.3) is 5.91 Å². The van der Waals surface area contributed by atoms with Crippen molar-refractivity contribution in [2.75, 3.05) is 26.2 Å². The Morgan fingerprint density at radius 3 is 2.59 bits per heavy atom. The SMILES string of the molecule is O=C(c1cccnc1)N1CCCn2ccnc2C1C1CCN(CCc2ccccc2)CC1. The molecule has 0 N–H and O–H groups in total. The fourth-order valence-corrected chi connectivity index (χ4v) is 5.24. The molecule has 32 heavy (non-hydrogen) atoms. The molecule has 5 rings (SSSR count). The van der Waals surface area contributed by atoms with Crippen LogP contribution in [0.25, 0.3) is 0 Å². The van der Waals surface area contributed by atoms with E-state index in [1.165, 1.54) is 5.56 Å². The molecule has 6 heteroatoms. The third-order valence-corrected chi connectivity index (χ3v) is 6.95. The predicted octanol–water partition coefficient (Wildman–Crippen LogP) is 3.82. The van der Waals surface area contributed by atoms with Crippen LogP contribution in [0.4, 0.5) is 0 Å². The van der Waals surface area contributed by atoms with Crippen LogP contribution in [0.3, 0.4) is 0 Å². The molecule has 2 aromatic heterocycles. The molecule has 6 nitrogen and oxygen atoms in total. The zero-order valence-corrected chi connectivity index (χ0v) is 18.5. The van der Waals surface area contributed by atoms with Gasteiger partial charge < -0.3 is 14.4 Å². The number of piperidine rings is 1. The molecule has 1 unspecified atom stereocenters. The molecule has 166 valence electrons. The van der Waals surface area contributed by atoms with Crippen molar-refractivity contribution in [2.45, 2.75) is 38.3 Å². The number of carbonyl (C=O) groups is 1. The molecule has 3 aromatic rings. The maximum Gasteiger partial charge on any atom is 0.256 e. The average Bonchev–Trinajstić information content (AvgIpc) is 3.24. The smallest absolute Gasteiger partial charge is 0.256 e. The number of aromatic nitrogens is 3. The van der Waals surface area contributed by atoms with Crippen LogP contribution in [0.1, 0.15) is 47.1 Å². The molecular formula is C26H31N5O. The van der Waals surface area contributed by atoms with E-state index in [9.17, 15) is 4.79 Å². The highest BCUT2D eigenvalue weighted by molar-refractivity contribution is 5.94. The number of imidazole rings is 1. The molecule has 4 heterocycles. The molecule has 0 saturated carbocycles. The van der Waals surface area contributed by atoms with Gasteiger partial charge in [0.05, 0.1) is 11.6 Å². The van der Waals surface area contributed by atoms with Crippen LogP contribution in [0.2, 0.25) is 0 Å². The van der Waals surface area contributed by atoms with Crippen LogP contribution in [0.15, 0.2) is 67.3 Å². The van der Waals surface area contributed by atoms with Crippen LogP contribution in [0, 0.1) is 5.92 Å². The van der Waals surface area contributed by atoms with Gasteiger partial charge in [-0.05, 0) is 62.4 Å². The molecule has 2 aliphatic heterocycles. The average molecular weight is 430 g/mol. The molecule has 1 atom stereocenters. The number of rotatable bonds is 5. The summed E-state index contributed by atoms with van der Waals surface area (Å²) in [6.45, 7) is 4.91. The first-order valence-corrected chi connectivity index (χ1v) is 11.8. The van der Waals surface area contributed by atoms with Gasteiger partial charge in [-0.15, -0.1) is 0 Å². The molecule has 0 radical (unpaired) electrons. The van der Waals surface area contributed by atoms with Gasteiger partial charge in [-0.1, -0.05) is 30.3 Å². The van der Waals surface area contributed by atoms with E-state index in [0.717, 1.165) is 64.2 Å². The van der Waals surface area contributed by atoms with Crippen LogP contribution in [-0.2, 0) is 13.0 Å². The van der Waals surface area contributed by atoms with E-state index in [-0.39, 0.29) is 11.9 Å². The maximum atomic E-state index is 13.5. The van der Waals surface area contributed by atoms with Crippen molar-refractivity contribution in [1.82, 2.24) is 24.3 Å². The first-order valence-electron chi connectivity index (χ1n) is 11.8. The minimum atomic E-state index is 0.0245. The summed E-state index contributed by atoms with van der Waals surface area (Å²) in [5.74, 6) is 1.54. The van der Waals surface area contributed by atoms with Gasteiger partial charge in [-0.2, -0.15) is 0 Å². The van der Waals surface area contributed by atoms with E-state index in [0.29, 0.717) is 11.5 Å². The van der Waals surface area contributed by atoms with E-state index >= 15 is 0 Å². The summed E-state index contributed by atoms with van der Waals surface area (Å²) in [6.07, 6.45) is 11.6. The molecular weight excluding hydrogens is 398 g/mol. The van der Waals surface area contributed by atoms with Gasteiger partial charge in [-0.25, -0.2) is 4.98 Å². The first kappa shape index (κ1) is 20.9. The van der Waals surface area contributed by atoms with E-state index in [2.05, 4.69) is 55.9 Å². The van der Waals surface area contributed by atoms with Crippen LogP contribution in [-0.4, -0.2) is 56.4 Å². The molecule has 1 saturated heterocycles. The van der Waals surface area contributed by atoms with Crippen molar-refractivity contribution >= 4 is 5.91 Å². The minimum absolute atomic E-state index is 0.0245. The maximum absolute atomic E-state index is 13.5. The summed E-state index contributed by atoms with van der Waals surface area (Å²) >= 11 is 0. The lowest BCUT2D eigenvalue weighted by Crippen LogP contribution is -2.44. The Labute approximate surface area is 189 Å². The van der Waals surface area contributed by atoms with Gasteiger partial charge in [0, 0.05) is 44.4 Å². The second-order valence-corrected chi connectivity index (χ2v) is 8.93. The molecule has 1 aromatic carbocycles. The largest absolute Gasteiger partial charge is 0.333 e. The number of aryl methyl sites for hydroxylation is 1. The molecule has 1 amide bonds. The molecule has 0 spiro atoms. The van der Waals surface area contributed by atoms with Crippen molar-refractivity contribution < 1.29 is 4.79 Å². The first-order chi connectivity index (χ1) is 15.8. The molecule has 2 aliphatic rings. The number of fused-ring (bicyclic) bond motifs is 1. The van der Waals surface area contributed by atoms with Crippen molar-refractivity contribution in [3.05, 3.63) is 84.2 Å². The predicted molar refractivity (Wildman–Crippen MR) is 124 cm³/mol. The number of hydrogen-bond donors (Lipinski definition) is 0. The number of nitrogens with zero attached hydrogens (tertiary/aromatic N) is 5.